The Balaban J connectivity index is 1.69. The van der Waals surface area contributed by atoms with Crippen molar-refractivity contribution in [2.24, 2.45) is 0 Å². The monoisotopic (exact) mass is 337 g/mol. The van der Waals surface area contributed by atoms with Crippen LogP contribution in [0, 0.1) is 0 Å². The van der Waals surface area contributed by atoms with Gasteiger partial charge < -0.3 is 10.6 Å². The van der Waals surface area contributed by atoms with Crippen LogP contribution in [0.25, 0.3) is 0 Å². The van der Waals surface area contributed by atoms with E-state index in [-0.39, 0.29) is 34.7 Å². The van der Waals surface area contributed by atoms with Gasteiger partial charge in [-0.3, -0.25) is 9.59 Å². The molecule has 2 aromatic rings. The van der Waals surface area contributed by atoms with E-state index >= 15 is 0 Å². The molecule has 1 saturated carbocycles. The average Bonchev–Trinajstić information content (AvgIpc) is 3.38. The lowest BCUT2D eigenvalue weighted by Gasteiger charge is -2.19. The van der Waals surface area contributed by atoms with E-state index in [0.29, 0.717) is 5.69 Å². The molecule has 25 heavy (non-hydrogen) atoms. The molecule has 0 atom stereocenters. The summed E-state index contributed by atoms with van der Waals surface area (Å²) in [7, 11) is 0. The molecule has 5 heteroatoms. The molecule has 130 valence electrons. The molecule has 0 spiro atoms. The molecule has 5 nitrogen and oxygen atoms in total. The molecular formula is C20H23N3O2. The van der Waals surface area contributed by atoms with E-state index in [1.165, 1.54) is 5.56 Å². The molecule has 1 aliphatic carbocycles. The summed E-state index contributed by atoms with van der Waals surface area (Å²) in [5.74, 6) is -0.559. The number of carbonyl (C=O) groups excluding carboxylic acids is 2. The Morgan fingerprint density at radius 2 is 1.56 bits per heavy atom. The van der Waals surface area contributed by atoms with E-state index < -0.39 is 0 Å². The Morgan fingerprint density at radius 1 is 0.960 bits per heavy atom. The second-order valence-electron chi connectivity index (χ2n) is 7.44. The zero-order chi connectivity index (χ0) is 18.0. The summed E-state index contributed by atoms with van der Waals surface area (Å²) in [6.07, 6.45) is 2.02. The van der Waals surface area contributed by atoms with Crippen molar-refractivity contribution in [2.75, 3.05) is 5.32 Å². The zero-order valence-corrected chi connectivity index (χ0v) is 14.8. The maximum atomic E-state index is 12.4. The average molecular weight is 337 g/mol. The summed E-state index contributed by atoms with van der Waals surface area (Å²) in [4.78, 5) is 28.6. The van der Waals surface area contributed by atoms with E-state index in [4.69, 9.17) is 0 Å². The van der Waals surface area contributed by atoms with Gasteiger partial charge in [-0.1, -0.05) is 39.0 Å². The minimum Gasteiger partial charge on any atom is -0.348 e. The van der Waals surface area contributed by atoms with E-state index in [0.717, 1.165) is 12.8 Å². The highest BCUT2D eigenvalue weighted by molar-refractivity contribution is 6.03. The number of rotatable bonds is 4. The van der Waals surface area contributed by atoms with E-state index in [2.05, 4.69) is 36.4 Å². The van der Waals surface area contributed by atoms with Gasteiger partial charge in [0.15, 0.2) is 0 Å². The lowest BCUT2D eigenvalue weighted by atomic mass is 9.87. The summed E-state index contributed by atoms with van der Waals surface area (Å²) < 4.78 is 0. The van der Waals surface area contributed by atoms with Crippen molar-refractivity contribution < 1.29 is 9.59 Å². The molecule has 1 aliphatic rings. The topological polar surface area (TPSA) is 71.1 Å². The third kappa shape index (κ3) is 4.44. The molecule has 1 fully saturated rings. The molecule has 1 aromatic carbocycles. The Bertz CT molecular complexity index is 787. The number of nitrogens with zero attached hydrogens (tertiary/aromatic N) is 1. The van der Waals surface area contributed by atoms with Gasteiger partial charge in [0.25, 0.3) is 11.8 Å². The van der Waals surface area contributed by atoms with Crippen molar-refractivity contribution in [3.63, 3.8) is 0 Å². The Kier molecular flexibility index (Phi) is 4.57. The van der Waals surface area contributed by atoms with Crippen LogP contribution in [-0.2, 0) is 5.41 Å². The molecule has 3 rings (SSSR count). The largest absolute Gasteiger partial charge is 0.348 e. The van der Waals surface area contributed by atoms with Gasteiger partial charge in [0.2, 0.25) is 0 Å². The molecule has 2 N–H and O–H groups in total. The number of amides is 2. The van der Waals surface area contributed by atoms with Crippen molar-refractivity contribution in [3.8, 4) is 0 Å². The van der Waals surface area contributed by atoms with Crippen LogP contribution in [0.2, 0.25) is 0 Å². The highest BCUT2D eigenvalue weighted by atomic mass is 16.2. The van der Waals surface area contributed by atoms with E-state index in [9.17, 15) is 9.59 Å². The third-order valence-corrected chi connectivity index (χ3v) is 4.14. The van der Waals surface area contributed by atoms with Gasteiger partial charge in [0.05, 0.1) is 0 Å². The van der Waals surface area contributed by atoms with Crippen LogP contribution >= 0.6 is 0 Å². The first kappa shape index (κ1) is 17.1. The van der Waals surface area contributed by atoms with Crippen LogP contribution in [-0.4, -0.2) is 22.8 Å². The number of pyridine rings is 1. The van der Waals surface area contributed by atoms with Crippen molar-refractivity contribution >= 4 is 17.5 Å². The third-order valence-electron chi connectivity index (χ3n) is 4.14. The van der Waals surface area contributed by atoms with E-state index in [1.54, 1.807) is 18.2 Å². The fourth-order valence-corrected chi connectivity index (χ4v) is 2.42. The summed E-state index contributed by atoms with van der Waals surface area (Å²) in [5, 5.41) is 5.70. The molecule has 0 aliphatic heterocycles. The predicted molar refractivity (Wildman–Crippen MR) is 97.8 cm³/mol. The van der Waals surface area contributed by atoms with Gasteiger partial charge in [-0.2, -0.15) is 0 Å². The smallest absolute Gasteiger partial charge is 0.274 e. The van der Waals surface area contributed by atoms with Crippen molar-refractivity contribution in [1.29, 1.82) is 0 Å². The first-order valence-electron chi connectivity index (χ1n) is 8.53. The SMILES string of the molecule is CC(C)(C)c1ccc(NC(=O)c2cccc(C(=O)NC3CC3)n2)cc1. The number of benzene rings is 1. The summed E-state index contributed by atoms with van der Waals surface area (Å²) in [5.41, 5.74) is 2.45. The lowest BCUT2D eigenvalue weighted by Crippen LogP contribution is -2.27. The van der Waals surface area contributed by atoms with Crippen molar-refractivity contribution in [2.45, 2.75) is 45.1 Å². The number of carbonyl (C=O) groups is 2. The fraction of sp³-hybridized carbons (Fsp3) is 0.350. The molecular weight excluding hydrogens is 314 g/mol. The van der Waals surface area contributed by atoms with Crippen LogP contribution in [0.1, 0.15) is 60.2 Å². The number of anilines is 1. The standard InChI is InChI=1S/C20H23N3O2/c1-20(2,3)13-7-9-14(10-8-13)21-18(24)16-5-4-6-17(23-16)19(25)22-15-11-12-15/h4-10,15H,11-12H2,1-3H3,(H,21,24)(H,22,25). The molecule has 1 heterocycles. The van der Waals surface area contributed by atoms with Crippen LogP contribution in [0.15, 0.2) is 42.5 Å². The summed E-state index contributed by atoms with van der Waals surface area (Å²) in [6, 6.07) is 12.9. The van der Waals surface area contributed by atoms with Crippen molar-refractivity contribution in [1.82, 2.24) is 10.3 Å². The Labute approximate surface area is 147 Å². The summed E-state index contributed by atoms with van der Waals surface area (Å²) >= 11 is 0. The minimum atomic E-state index is -0.329. The van der Waals surface area contributed by atoms with Gasteiger partial charge >= 0.3 is 0 Å². The fourth-order valence-electron chi connectivity index (χ4n) is 2.42. The number of hydrogen-bond donors (Lipinski definition) is 2. The predicted octanol–water partition coefficient (Wildman–Crippen LogP) is 3.52. The first-order chi connectivity index (χ1) is 11.8. The van der Waals surface area contributed by atoms with Gasteiger partial charge in [-0.25, -0.2) is 4.98 Å². The molecule has 0 unspecified atom stereocenters. The minimum absolute atomic E-state index is 0.0628. The molecule has 0 saturated heterocycles. The zero-order valence-electron chi connectivity index (χ0n) is 14.8. The number of nitrogens with one attached hydrogen (secondary N) is 2. The highest BCUT2D eigenvalue weighted by Gasteiger charge is 2.24. The normalized spacial score (nSPS) is 14.0. The highest BCUT2D eigenvalue weighted by Crippen LogP contribution is 2.23. The molecule has 0 bridgehead atoms. The van der Waals surface area contributed by atoms with Crippen LogP contribution in [0.3, 0.4) is 0 Å². The lowest BCUT2D eigenvalue weighted by molar-refractivity contribution is 0.0946. The van der Waals surface area contributed by atoms with Gasteiger partial charge in [-0.15, -0.1) is 0 Å². The van der Waals surface area contributed by atoms with Crippen LogP contribution < -0.4 is 10.6 Å². The van der Waals surface area contributed by atoms with Gasteiger partial charge in [0, 0.05) is 11.7 Å². The molecule has 1 aromatic heterocycles. The maximum Gasteiger partial charge on any atom is 0.274 e. The second-order valence-corrected chi connectivity index (χ2v) is 7.44. The Hall–Kier alpha value is -2.69. The van der Waals surface area contributed by atoms with Gasteiger partial charge in [0.1, 0.15) is 11.4 Å². The van der Waals surface area contributed by atoms with E-state index in [1.807, 2.05) is 24.3 Å². The summed E-state index contributed by atoms with van der Waals surface area (Å²) in [6.45, 7) is 6.42. The van der Waals surface area contributed by atoms with Crippen LogP contribution in [0.4, 0.5) is 5.69 Å². The van der Waals surface area contributed by atoms with Crippen LogP contribution in [0.5, 0.6) is 0 Å². The van der Waals surface area contributed by atoms with Crippen molar-refractivity contribution in [3.05, 3.63) is 59.4 Å². The van der Waals surface area contributed by atoms with Gasteiger partial charge in [-0.05, 0) is 48.1 Å². The first-order valence-corrected chi connectivity index (χ1v) is 8.53. The number of aromatic nitrogens is 1. The molecule has 0 radical (unpaired) electrons. The number of hydrogen-bond acceptors (Lipinski definition) is 3. The maximum absolute atomic E-state index is 12.4. The molecule has 2 amide bonds. The second kappa shape index (κ2) is 6.67. The quantitative estimate of drug-likeness (QED) is 0.896. The Morgan fingerprint density at radius 3 is 2.12 bits per heavy atom.